The first-order valence-corrected chi connectivity index (χ1v) is 8.15. The van der Waals surface area contributed by atoms with E-state index < -0.39 is 0 Å². The van der Waals surface area contributed by atoms with E-state index in [1.807, 2.05) is 24.1 Å². The van der Waals surface area contributed by atoms with Crippen molar-refractivity contribution in [1.82, 2.24) is 20.0 Å². The first-order chi connectivity index (χ1) is 10.5. The van der Waals surface area contributed by atoms with E-state index in [4.69, 9.17) is 4.74 Å². The summed E-state index contributed by atoms with van der Waals surface area (Å²) in [5.41, 5.74) is 1.53. The SMILES string of the molecule is CCN=C(NC1CC1(C)C)N1CCOC(c2cnn(C)c2)C1. The van der Waals surface area contributed by atoms with Gasteiger partial charge < -0.3 is 15.0 Å². The molecule has 3 rings (SSSR count). The second-order valence-electron chi connectivity index (χ2n) is 6.94. The minimum Gasteiger partial charge on any atom is -0.370 e. The minimum atomic E-state index is 0.0681. The normalized spacial score (nSPS) is 27.8. The fraction of sp³-hybridized carbons (Fsp3) is 0.750. The van der Waals surface area contributed by atoms with Crippen molar-refractivity contribution in [3.63, 3.8) is 0 Å². The van der Waals surface area contributed by atoms with Gasteiger partial charge in [-0.2, -0.15) is 5.10 Å². The molecule has 0 spiro atoms. The number of nitrogens with one attached hydrogen (secondary N) is 1. The Morgan fingerprint density at radius 1 is 1.55 bits per heavy atom. The van der Waals surface area contributed by atoms with Gasteiger partial charge in [-0.05, 0) is 18.8 Å². The van der Waals surface area contributed by atoms with Crippen LogP contribution in [0.3, 0.4) is 0 Å². The van der Waals surface area contributed by atoms with Crippen LogP contribution in [0.4, 0.5) is 0 Å². The van der Waals surface area contributed by atoms with Crippen molar-refractivity contribution in [3.05, 3.63) is 18.0 Å². The van der Waals surface area contributed by atoms with Crippen LogP contribution in [0.2, 0.25) is 0 Å². The largest absolute Gasteiger partial charge is 0.370 e. The number of hydrogen-bond acceptors (Lipinski definition) is 3. The van der Waals surface area contributed by atoms with Gasteiger partial charge in [-0.3, -0.25) is 9.67 Å². The number of aromatic nitrogens is 2. The fourth-order valence-corrected chi connectivity index (χ4v) is 2.91. The molecule has 2 unspecified atom stereocenters. The molecule has 2 atom stereocenters. The van der Waals surface area contributed by atoms with Gasteiger partial charge in [0, 0.05) is 37.9 Å². The Kier molecular flexibility index (Phi) is 4.12. The number of morpholine rings is 1. The molecule has 6 nitrogen and oxygen atoms in total. The van der Waals surface area contributed by atoms with Gasteiger partial charge in [0.05, 0.1) is 19.3 Å². The molecule has 0 aromatic carbocycles. The lowest BCUT2D eigenvalue weighted by molar-refractivity contribution is -0.00814. The molecule has 1 saturated heterocycles. The molecule has 1 aromatic rings. The molecule has 0 radical (unpaired) electrons. The van der Waals surface area contributed by atoms with Crippen LogP contribution in [0.1, 0.15) is 38.9 Å². The maximum atomic E-state index is 5.92. The zero-order valence-electron chi connectivity index (χ0n) is 14.0. The molecule has 122 valence electrons. The van der Waals surface area contributed by atoms with E-state index >= 15 is 0 Å². The molecule has 2 aliphatic rings. The van der Waals surface area contributed by atoms with Crippen molar-refractivity contribution in [2.75, 3.05) is 26.2 Å². The monoisotopic (exact) mass is 305 g/mol. The number of aliphatic imine (C=N–C) groups is 1. The Labute approximate surface area is 132 Å². The standard InChI is InChI=1S/C16H27N5O/c1-5-17-15(19-14-8-16(14,2)3)21-6-7-22-13(11-21)12-9-18-20(4)10-12/h9-10,13-14H,5-8,11H2,1-4H3,(H,17,19). The predicted molar refractivity (Wildman–Crippen MR) is 86.8 cm³/mol. The molecule has 6 heteroatoms. The summed E-state index contributed by atoms with van der Waals surface area (Å²) in [6.45, 7) is 9.90. The van der Waals surface area contributed by atoms with E-state index in [2.05, 4.69) is 41.1 Å². The first-order valence-electron chi connectivity index (χ1n) is 8.15. The highest BCUT2D eigenvalue weighted by molar-refractivity contribution is 5.81. The quantitative estimate of drug-likeness (QED) is 0.680. The van der Waals surface area contributed by atoms with E-state index in [0.29, 0.717) is 11.5 Å². The topological polar surface area (TPSA) is 54.7 Å². The van der Waals surface area contributed by atoms with Crippen molar-refractivity contribution in [1.29, 1.82) is 0 Å². The molecule has 2 fully saturated rings. The number of guanidine groups is 1. The zero-order chi connectivity index (χ0) is 15.7. The fourth-order valence-electron chi connectivity index (χ4n) is 2.91. The van der Waals surface area contributed by atoms with Crippen molar-refractivity contribution >= 4 is 5.96 Å². The summed E-state index contributed by atoms with van der Waals surface area (Å²) in [5.74, 6) is 1.02. The van der Waals surface area contributed by atoms with Crippen molar-refractivity contribution in [2.24, 2.45) is 17.5 Å². The van der Waals surface area contributed by atoms with Gasteiger partial charge in [0.25, 0.3) is 0 Å². The van der Waals surface area contributed by atoms with Crippen LogP contribution in [0.15, 0.2) is 17.4 Å². The van der Waals surface area contributed by atoms with Gasteiger partial charge in [0.1, 0.15) is 6.10 Å². The van der Waals surface area contributed by atoms with Gasteiger partial charge >= 0.3 is 0 Å². The number of hydrogen-bond donors (Lipinski definition) is 1. The Hall–Kier alpha value is -1.56. The van der Waals surface area contributed by atoms with Crippen LogP contribution < -0.4 is 5.32 Å². The second-order valence-corrected chi connectivity index (χ2v) is 6.94. The average molecular weight is 305 g/mol. The molecule has 0 amide bonds. The maximum absolute atomic E-state index is 5.92. The van der Waals surface area contributed by atoms with Gasteiger partial charge in [0.2, 0.25) is 0 Å². The summed E-state index contributed by atoms with van der Waals surface area (Å²) in [4.78, 5) is 7.00. The Morgan fingerprint density at radius 3 is 2.91 bits per heavy atom. The lowest BCUT2D eigenvalue weighted by Gasteiger charge is -2.35. The molecule has 1 saturated carbocycles. The van der Waals surface area contributed by atoms with Crippen molar-refractivity contribution in [2.45, 2.75) is 39.3 Å². The highest BCUT2D eigenvalue weighted by atomic mass is 16.5. The van der Waals surface area contributed by atoms with Crippen LogP contribution in [-0.4, -0.2) is 52.9 Å². The third kappa shape index (κ3) is 3.27. The molecule has 1 aliphatic heterocycles. The van der Waals surface area contributed by atoms with Gasteiger partial charge in [0.15, 0.2) is 5.96 Å². The summed E-state index contributed by atoms with van der Waals surface area (Å²) >= 11 is 0. The Balaban J connectivity index is 1.67. The Bertz CT molecular complexity index is 550. The third-order valence-electron chi connectivity index (χ3n) is 4.59. The minimum absolute atomic E-state index is 0.0681. The first kappa shape index (κ1) is 15.3. The van der Waals surface area contributed by atoms with Crippen LogP contribution in [0, 0.1) is 5.41 Å². The van der Waals surface area contributed by atoms with Crippen molar-refractivity contribution < 1.29 is 4.74 Å². The Morgan fingerprint density at radius 2 is 2.32 bits per heavy atom. The summed E-state index contributed by atoms with van der Waals surface area (Å²) in [7, 11) is 1.94. The molecule has 1 N–H and O–H groups in total. The molecular weight excluding hydrogens is 278 g/mol. The third-order valence-corrected chi connectivity index (χ3v) is 4.59. The summed E-state index contributed by atoms with van der Waals surface area (Å²) in [5, 5.41) is 7.88. The van der Waals surface area contributed by atoms with Crippen LogP contribution in [0.5, 0.6) is 0 Å². The van der Waals surface area contributed by atoms with Crippen molar-refractivity contribution in [3.8, 4) is 0 Å². The van der Waals surface area contributed by atoms with E-state index in [0.717, 1.165) is 37.8 Å². The van der Waals surface area contributed by atoms with E-state index in [9.17, 15) is 0 Å². The average Bonchev–Trinajstić information content (AvgIpc) is 2.88. The number of rotatable bonds is 3. The van der Waals surface area contributed by atoms with Gasteiger partial charge in [-0.15, -0.1) is 0 Å². The summed E-state index contributed by atoms with van der Waals surface area (Å²) < 4.78 is 7.74. The molecule has 0 bridgehead atoms. The van der Waals surface area contributed by atoms with Crippen LogP contribution in [-0.2, 0) is 11.8 Å². The van der Waals surface area contributed by atoms with E-state index in [1.165, 1.54) is 6.42 Å². The van der Waals surface area contributed by atoms with Gasteiger partial charge in [-0.1, -0.05) is 13.8 Å². The number of ether oxygens (including phenoxy) is 1. The summed E-state index contributed by atoms with van der Waals surface area (Å²) in [6.07, 6.45) is 5.20. The lowest BCUT2D eigenvalue weighted by atomic mass is 10.1. The molecular formula is C16H27N5O. The number of nitrogens with zero attached hydrogens (tertiary/aromatic N) is 4. The molecule has 2 heterocycles. The smallest absolute Gasteiger partial charge is 0.194 e. The maximum Gasteiger partial charge on any atom is 0.194 e. The molecule has 1 aliphatic carbocycles. The highest BCUT2D eigenvalue weighted by Gasteiger charge is 2.46. The second kappa shape index (κ2) is 5.91. The van der Waals surface area contributed by atoms with Crippen LogP contribution >= 0.6 is 0 Å². The highest BCUT2D eigenvalue weighted by Crippen LogP contribution is 2.44. The lowest BCUT2D eigenvalue weighted by Crippen LogP contribution is -2.49. The van der Waals surface area contributed by atoms with E-state index in [-0.39, 0.29) is 6.10 Å². The van der Waals surface area contributed by atoms with Crippen LogP contribution in [0.25, 0.3) is 0 Å². The molecule has 1 aromatic heterocycles. The predicted octanol–water partition coefficient (Wildman–Crippen LogP) is 1.56. The van der Waals surface area contributed by atoms with E-state index in [1.54, 1.807) is 0 Å². The summed E-state index contributed by atoms with van der Waals surface area (Å²) in [6, 6.07) is 0.539. The number of aryl methyl sites for hydroxylation is 1. The van der Waals surface area contributed by atoms with Gasteiger partial charge in [-0.25, -0.2) is 0 Å². The molecule has 22 heavy (non-hydrogen) atoms. The zero-order valence-corrected chi connectivity index (χ0v) is 14.0.